The Bertz CT molecular complexity index is 520. The van der Waals surface area contributed by atoms with Crippen LogP contribution in [-0.4, -0.2) is 62.2 Å². The Morgan fingerprint density at radius 1 is 1.04 bits per heavy atom. The smallest absolute Gasteiger partial charge is 0.168 e. The zero-order valence-corrected chi connectivity index (χ0v) is 16.6. The Hall–Kier alpha value is -1.01. The predicted molar refractivity (Wildman–Crippen MR) is 100 cm³/mol. The minimum atomic E-state index is -0.0747. The fraction of sp³-hybridized carbons (Fsp3) is 0.947. The molecule has 0 spiro atoms. The average molecular weight is 349 g/mol. The van der Waals surface area contributed by atoms with Gasteiger partial charge in [-0.15, -0.1) is 5.10 Å². The third-order valence-corrected chi connectivity index (χ3v) is 5.87. The highest BCUT2D eigenvalue weighted by atomic mass is 15.6. The highest BCUT2D eigenvalue weighted by Gasteiger charge is 2.33. The molecule has 1 saturated heterocycles. The first-order chi connectivity index (χ1) is 12.0. The zero-order chi connectivity index (χ0) is 17.9. The first-order valence-electron chi connectivity index (χ1n) is 10.3. The van der Waals surface area contributed by atoms with E-state index in [1.807, 2.05) is 4.68 Å². The van der Waals surface area contributed by atoms with Crippen LogP contribution in [0.2, 0.25) is 0 Å². The van der Waals surface area contributed by atoms with Crippen molar-refractivity contribution in [1.82, 2.24) is 30.0 Å². The second kappa shape index (κ2) is 8.12. The molecule has 6 heteroatoms. The fourth-order valence-corrected chi connectivity index (χ4v) is 4.49. The molecule has 2 aliphatic rings. The molecule has 2 heterocycles. The first kappa shape index (κ1) is 18.8. The number of aromatic nitrogens is 4. The van der Waals surface area contributed by atoms with Gasteiger partial charge in [0.15, 0.2) is 5.82 Å². The van der Waals surface area contributed by atoms with Crippen LogP contribution >= 0.6 is 0 Å². The molecule has 0 amide bonds. The van der Waals surface area contributed by atoms with Gasteiger partial charge in [0.25, 0.3) is 0 Å². The molecule has 0 N–H and O–H groups in total. The van der Waals surface area contributed by atoms with E-state index < -0.39 is 0 Å². The molecular weight excluding hydrogens is 312 g/mol. The molecule has 1 atom stereocenters. The van der Waals surface area contributed by atoms with Crippen LogP contribution in [-0.2, 0) is 5.54 Å². The second-order valence-electron chi connectivity index (χ2n) is 8.79. The SMILES string of the molecule is CCC[C@H](c1nnnn1C(C)(C)C)N1CCN(C2CCCCC2)CC1. The van der Waals surface area contributed by atoms with Crippen molar-refractivity contribution in [2.45, 2.75) is 90.3 Å². The first-order valence-corrected chi connectivity index (χ1v) is 10.3. The molecular formula is C19H36N6. The molecule has 0 bridgehead atoms. The third kappa shape index (κ3) is 4.40. The summed E-state index contributed by atoms with van der Waals surface area (Å²) < 4.78 is 2.03. The molecule has 3 rings (SSSR count). The largest absolute Gasteiger partial charge is 0.298 e. The van der Waals surface area contributed by atoms with Crippen molar-refractivity contribution < 1.29 is 0 Å². The van der Waals surface area contributed by atoms with Crippen LogP contribution in [0.4, 0.5) is 0 Å². The van der Waals surface area contributed by atoms with Gasteiger partial charge in [-0.25, -0.2) is 4.68 Å². The Balaban J connectivity index is 1.67. The van der Waals surface area contributed by atoms with Crippen LogP contribution in [0.3, 0.4) is 0 Å². The molecule has 2 fully saturated rings. The zero-order valence-electron chi connectivity index (χ0n) is 16.6. The quantitative estimate of drug-likeness (QED) is 0.818. The molecule has 1 aliphatic heterocycles. The monoisotopic (exact) mass is 348 g/mol. The van der Waals surface area contributed by atoms with E-state index in [0.29, 0.717) is 6.04 Å². The summed E-state index contributed by atoms with van der Waals surface area (Å²) in [7, 11) is 0. The number of hydrogen-bond donors (Lipinski definition) is 0. The maximum atomic E-state index is 4.43. The third-order valence-electron chi connectivity index (χ3n) is 5.87. The van der Waals surface area contributed by atoms with E-state index in [9.17, 15) is 0 Å². The van der Waals surface area contributed by atoms with Gasteiger partial charge in [-0.3, -0.25) is 9.80 Å². The van der Waals surface area contributed by atoms with E-state index in [1.54, 1.807) is 0 Å². The van der Waals surface area contributed by atoms with Crippen molar-refractivity contribution in [3.63, 3.8) is 0 Å². The van der Waals surface area contributed by atoms with E-state index >= 15 is 0 Å². The maximum Gasteiger partial charge on any atom is 0.168 e. The molecule has 6 nitrogen and oxygen atoms in total. The van der Waals surface area contributed by atoms with Crippen molar-refractivity contribution in [1.29, 1.82) is 0 Å². The summed E-state index contributed by atoms with van der Waals surface area (Å²) in [5, 5.41) is 12.7. The topological polar surface area (TPSA) is 50.1 Å². The standard InChI is InChI=1S/C19H36N6/c1-5-9-17(18-20-21-22-25(18)19(2,3)4)24-14-12-23(13-15-24)16-10-7-6-8-11-16/h16-17H,5-15H2,1-4H3/t17-/m1/s1. The van der Waals surface area contributed by atoms with Crippen LogP contribution in [0.5, 0.6) is 0 Å². The number of hydrogen-bond acceptors (Lipinski definition) is 5. The summed E-state index contributed by atoms with van der Waals surface area (Å²) in [5.74, 6) is 1.04. The van der Waals surface area contributed by atoms with E-state index in [1.165, 1.54) is 45.2 Å². The molecule has 0 unspecified atom stereocenters. The summed E-state index contributed by atoms with van der Waals surface area (Å²) >= 11 is 0. The Morgan fingerprint density at radius 2 is 1.72 bits per heavy atom. The Kier molecular flexibility index (Phi) is 6.10. The summed E-state index contributed by atoms with van der Waals surface area (Å²) in [6.07, 6.45) is 9.36. The molecule has 25 heavy (non-hydrogen) atoms. The van der Waals surface area contributed by atoms with Crippen molar-refractivity contribution in [3.05, 3.63) is 5.82 Å². The number of nitrogens with zero attached hydrogens (tertiary/aromatic N) is 6. The number of rotatable bonds is 5. The molecule has 1 aromatic heterocycles. The lowest BCUT2D eigenvalue weighted by Crippen LogP contribution is -2.52. The van der Waals surface area contributed by atoms with Crippen LogP contribution in [0.1, 0.15) is 84.5 Å². The lowest BCUT2D eigenvalue weighted by molar-refractivity contribution is 0.0487. The maximum absolute atomic E-state index is 4.43. The van der Waals surface area contributed by atoms with Crippen LogP contribution < -0.4 is 0 Å². The van der Waals surface area contributed by atoms with Crippen molar-refractivity contribution >= 4 is 0 Å². The fourth-order valence-electron chi connectivity index (χ4n) is 4.49. The van der Waals surface area contributed by atoms with Crippen molar-refractivity contribution in [2.24, 2.45) is 0 Å². The molecule has 1 aliphatic carbocycles. The minimum Gasteiger partial charge on any atom is -0.298 e. The van der Waals surface area contributed by atoms with Gasteiger partial charge in [0.05, 0.1) is 11.6 Å². The molecule has 0 aromatic carbocycles. The predicted octanol–water partition coefficient (Wildman–Crippen LogP) is 3.22. The van der Waals surface area contributed by atoms with Crippen LogP contribution in [0.15, 0.2) is 0 Å². The van der Waals surface area contributed by atoms with Gasteiger partial charge in [0, 0.05) is 32.2 Å². The Morgan fingerprint density at radius 3 is 2.32 bits per heavy atom. The van der Waals surface area contributed by atoms with Gasteiger partial charge in [-0.1, -0.05) is 32.6 Å². The van der Waals surface area contributed by atoms with Crippen molar-refractivity contribution in [2.75, 3.05) is 26.2 Å². The van der Waals surface area contributed by atoms with E-state index in [4.69, 9.17) is 0 Å². The van der Waals surface area contributed by atoms with Gasteiger partial charge in [-0.05, 0) is 50.5 Å². The van der Waals surface area contributed by atoms with Crippen LogP contribution in [0, 0.1) is 0 Å². The number of piperazine rings is 1. The summed E-state index contributed by atoms with van der Waals surface area (Å²) in [4.78, 5) is 5.36. The number of tetrazole rings is 1. The molecule has 142 valence electrons. The lowest BCUT2D eigenvalue weighted by atomic mass is 9.93. The van der Waals surface area contributed by atoms with E-state index in [0.717, 1.165) is 37.8 Å². The normalized spacial score (nSPS) is 23.0. The van der Waals surface area contributed by atoms with Crippen molar-refractivity contribution in [3.8, 4) is 0 Å². The van der Waals surface area contributed by atoms with Gasteiger partial charge < -0.3 is 0 Å². The summed E-state index contributed by atoms with van der Waals surface area (Å²) in [5.41, 5.74) is -0.0747. The highest BCUT2D eigenvalue weighted by molar-refractivity contribution is 4.98. The highest BCUT2D eigenvalue weighted by Crippen LogP contribution is 2.29. The molecule has 0 radical (unpaired) electrons. The average Bonchev–Trinajstić information content (AvgIpc) is 3.10. The summed E-state index contributed by atoms with van der Waals surface area (Å²) in [6.45, 7) is 13.5. The van der Waals surface area contributed by atoms with Gasteiger partial charge >= 0.3 is 0 Å². The van der Waals surface area contributed by atoms with E-state index in [2.05, 4.69) is 53.0 Å². The van der Waals surface area contributed by atoms with Crippen LogP contribution in [0.25, 0.3) is 0 Å². The Labute approximate surface area is 152 Å². The lowest BCUT2D eigenvalue weighted by Gasteiger charge is -2.43. The minimum absolute atomic E-state index is 0.0747. The van der Waals surface area contributed by atoms with Gasteiger partial charge in [0.2, 0.25) is 0 Å². The van der Waals surface area contributed by atoms with Gasteiger partial charge in [-0.2, -0.15) is 0 Å². The van der Waals surface area contributed by atoms with Gasteiger partial charge in [0.1, 0.15) is 0 Å². The summed E-state index contributed by atoms with van der Waals surface area (Å²) in [6, 6.07) is 1.17. The second-order valence-corrected chi connectivity index (χ2v) is 8.79. The molecule has 1 aromatic rings. The molecule has 1 saturated carbocycles. The van der Waals surface area contributed by atoms with E-state index in [-0.39, 0.29) is 5.54 Å².